The van der Waals surface area contributed by atoms with Crippen molar-refractivity contribution in [2.45, 2.75) is 48.3 Å². The van der Waals surface area contributed by atoms with Crippen LogP contribution in [0.3, 0.4) is 0 Å². The predicted molar refractivity (Wildman–Crippen MR) is 102 cm³/mol. The van der Waals surface area contributed by atoms with Crippen LogP contribution in [-0.2, 0) is 14.6 Å². The summed E-state index contributed by atoms with van der Waals surface area (Å²) in [6.45, 7) is 4.77. The molecule has 0 unspecified atom stereocenters. The third-order valence-electron chi connectivity index (χ3n) is 4.06. The largest absolute Gasteiger partial charge is 0.298 e. The number of aromatic nitrogens is 1. The molecule has 0 aliphatic carbocycles. The van der Waals surface area contributed by atoms with E-state index in [1.54, 1.807) is 17.8 Å². The zero-order valence-corrected chi connectivity index (χ0v) is 16.4. The molecule has 6 heteroatoms. The van der Waals surface area contributed by atoms with Crippen LogP contribution in [0.1, 0.15) is 32.3 Å². The molecule has 0 radical (unpaired) electrons. The highest BCUT2D eigenvalue weighted by molar-refractivity contribution is 7.99. The average molecular weight is 378 g/mol. The molecular formula is C19H23NO3S2. The van der Waals surface area contributed by atoms with Crippen molar-refractivity contribution >= 4 is 27.4 Å². The molecular weight excluding hydrogens is 354 g/mol. The lowest BCUT2D eigenvalue weighted by molar-refractivity contribution is -0.120. The molecule has 0 bridgehead atoms. The number of sulfone groups is 1. The monoisotopic (exact) mass is 377 g/mol. The van der Waals surface area contributed by atoms with E-state index < -0.39 is 14.6 Å². The van der Waals surface area contributed by atoms with Gasteiger partial charge in [0.2, 0.25) is 9.84 Å². The van der Waals surface area contributed by atoms with Gasteiger partial charge in [0.25, 0.3) is 0 Å². The summed E-state index contributed by atoms with van der Waals surface area (Å²) >= 11 is 1.66. The van der Waals surface area contributed by atoms with Gasteiger partial charge in [-0.15, -0.1) is 11.8 Å². The molecule has 1 aromatic heterocycles. The van der Waals surface area contributed by atoms with Crippen molar-refractivity contribution < 1.29 is 13.2 Å². The first-order valence-corrected chi connectivity index (χ1v) is 10.6. The number of pyridine rings is 1. The highest BCUT2D eigenvalue weighted by Gasteiger charge is 2.42. The number of nitrogens with zero attached hydrogens (tertiary/aromatic N) is 1. The van der Waals surface area contributed by atoms with Crippen molar-refractivity contribution in [1.29, 1.82) is 0 Å². The van der Waals surface area contributed by atoms with Crippen LogP contribution in [-0.4, -0.2) is 29.7 Å². The fourth-order valence-electron chi connectivity index (χ4n) is 2.26. The van der Waals surface area contributed by atoms with Crippen molar-refractivity contribution in [2.24, 2.45) is 0 Å². The highest BCUT2D eigenvalue weighted by atomic mass is 32.2. The summed E-state index contributed by atoms with van der Waals surface area (Å²) in [5.41, 5.74) is 0.876. The zero-order valence-electron chi connectivity index (χ0n) is 14.7. The van der Waals surface area contributed by atoms with Gasteiger partial charge in [0, 0.05) is 17.5 Å². The van der Waals surface area contributed by atoms with Crippen molar-refractivity contribution in [3.63, 3.8) is 0 Å². The SMILES string of the molecule is Cc1ccc(S(=O)(=O)C(C)(C)C(=O)CCCSc2ccccc2)nc1. The molecule has 2 rings (SSSR count). The zero-order chi connectivity index (χ0) is 18.5. The van der Waals surface area contributed by atoms with Crippen LogP contribution in [0.25, 0.3) is 0 Å². The minimum atomic E-state index is -3.81. The quantitative estimate of drug-likeness (QED) is 0.512. The Morgan fingerprint density at radius 3 is 2.40 bits per heavy atom. The van der Waals surface area contributed by atoms with Crippen LogP contribution in [0, 0.1) is 6.92 Å². The standard InChI is InChI=1S/C19H23NO3S2/c1-15-11-12-18(20-14-15)25(22,23)19(2,3)17(21)10-7-13-24-16-8-5-4-6-9-16/h4-6,8-9,11-12,14H,7,10,13H2,1-3H3. The van der Waals surface area contributed by atoms with E-state index in [2.05, 4.69) is 4.98 Å². The number of ketones is 1. The highest BCUT2D eigenvalue weighted by Crippen LogP contribution is 2.27. The van der Waals surface area contributed by atoms with Crippen molar-refractivity contribution in [3.05, 3.63) is 54.2 Å². The lowest BCUT2D eigenvalue weighted by Crippen LogP contribution is -2.41. The number of Topliss-reactive ketones (excluding diaryl/α,β-unsaturated/α-hetero) is 1. The van der Waals surface area contributed by atoms with E-state index in [-0.39, 0.29) is 17.2 Å². The van der Waals surface area contributed by atoms with Gasteiger partial charge in [0.05, 0.1) is 0 Å². The Labute approximate surface area is 154 Å². The molecule has 0 atom stereocenters. The van der Waals surface area contributed by atoms with Gasteiger partial charge in [-0.1, -0.05) is 24.3 Å². The molecule has 1 heterocycles. The molecule has 25 heavy (non-hydrogen) atoms. The summed E-state index contributed by atoms with van der Waals surface area (Å²) in [5.74, 6) is 0.498. The summed E-state index contributed by atoms with van der Waals surface area (Å²) in [6, 6.07) is 13.1. The first-order valence-electron chi connectivity index (χ1n) is 8.13. The molecule has 0 spiro atoms. The molecule has 0 amide bonds. The van der Waals surface area contributed by atoms with E-state index >= 15 is 0 Å². The summed E-state index contributed by atoms with van der Waals surface area (Å²) < 4.78 is 24.1. The van der Waals surface area contributed by atoms with Crippen LogP contribution >= 0.6 is 11.8 Å². The van der Waals surface area contributed by atoms with E-state index in [0.29, 0.717) is 6.42 Å². The second-order valence-corrected chi connectivity index (χ2v) is 9.99. The Hall–Kier alpha value is -1.66. The first-order chi connectivity index (χ1) is 11.7. The average Bonchev–Trinajstić information content (AvgIpc) is 2.59. The Bertz CT molecular complexity index is 814. The van der Waals surface area contributed by atoms with Crippen LogP contribution in [0.4, 0.5) is 0 Å². The molecule has 134 valence electrons. The Morgan fingerprint density at radius 2 is 1.80 bits per heavy atom. The van der Waals surface area contributed by atoms with Gasteiger partial charge in [-0.05, 0) is 56.7 Å². The van der Waals surface area contributed by atoms with Gasteiger partial charge >= 0.3 is 0 Å². The topological polar surface area (TPSA) is 64.1 Å². The third kappa shape index (κ3) is 4.70. The van der Waals surface area contributed by atoms with E-state index in [1.807, 2.05) is 37.3 Å². The lowest BCUT2D eigenvalue weighted by atomic mass is 10.0. The molecule has 1 aromatic carbocycles. The fourth-order valence-corrected chi connectivity index (χ4v) is 4.50. The maximum absolute atomic E-state index is 12.8. The number of carbonyl (C=O) groups is 1. The number of hydrogen-bond donors (Lipinski definition) is 0. The van der Waals surface area contributed by atoms with E-state index in [1.165, 1.54) is 26.1 Å². The molecule has 0 N–H and O–H groups in total. The summed E-state index contributed by atoms with van der Waals surface area (Å²) in [5, 5.41) is -0.0462. The minimum absolute atomic E-state index is 0.0462. The summed E-state index contributed by atoms with van der Waals surface area (Å²) in [7, 11) is -3.81. The van der Waals surface area contributed by atoms with Gasteiger partial charge in [0.1, 0.15) is 4.75 Å². The fraction of sp³-hybridized carbons (Fsp3) is 0.368. The number of thioether (sulfide) groups is 1. The van der Waals surface area contributed by atoms with Crippen LogP contribution in [0.5, 0.6) is 0 Å². The van der Waals surface area contributed by atoms with Crippen LogP contribution < -0.4 is 0 Å². The van der Waals surface area contributed by atoms with Crippen molar-refractivity contribution in [1.82, 2.24) is 4.98 Å². The van der Waals surface area contributed by atoms with Gasteiger partial charge in [-0.25, -0.2) is 13.4 Å². The van der Waals surface area contributed by atoms with E-state index in [9.17, 15) is 13.2 Å². The molecule has 0 saturated carbocycles. The van der Waals surface area contributed by atoms with Gasteiger partial charge < -0.3 is 0 Å². The molecule has 2 aromatic rings. The lowest BCUT2D eigenvalue weighted by Gasteiger charge is -2.23. The number of benzene rings is 1. The molecule has 0 aliphatic heterocycles. The maximum atomic E-state index is 12.8. The Morgan fingerprint density at radius 1 is 1.12 bits per heavy atom. The molecule has 0 aliphatic rings. The van der Waals surface area contributed by atoms with Gasteiger partial charge in [-0.3, -0.25) is 4.79 Å². The first kappa shape index (κ1) is 19.7. The maximum Gasteiger partial charge on any atom is 0.207 e. The van der Waals surface area contributed by atoms with Crippen LogP contribution in [0.2, 0.25) is 0 Å². The van der Waals surface area contributed by atoms with Gasteiger partial charge in [-0.2, -0.15) is 0 Å². The third-order valence-corrected chi connectivity index (χ3v) is 7.52. The number of hydrogen-bond acceptors (Lipinski definition) is 5. The van der Waals surface area contributed by atoms with Crippen molar-refractivity contribution in [2.75, 3.05) is 5.75 Å². The molecule has 0 saturated heterocycles. The minimum Gasteiger partial charge on any atom is -0.298 e. The molecule has 4 nitrogen and oxygen atoms in total. The number of carbonyl (C=O) groups excluding carboxylic acids is 1. The van der Waals surface area contributed by atoms with E-state index in [4.69, 9.17) is 0 Å². The second-order valence-electron chi connectivity index (χ2n) is 6.38. The predicted octanol–water partition coefficient (Wildman–Crippen LogP) is 4.08. The summed E-state index contributed by atoms with van der Waals surface area (Å²) in [4.78, 5) is 17.7. The van der Waals surface area contributed by atoms with Crippen LogP contribution in [0.15, 0.2) is 58.6 Å². The summed E-state index contributed by atoms with van der Waals surface area (Å²) in [6.07, 6.45) is 2.38. The smallest absolute Gasteiger partial charge is 0.207 e. The normalized spacial score (nSPS) is 12.1. The molecule has 0 fully saturated rings. The van der Waals surface area contributed by atoms with E-state index in [0.717, 1.165) is 16.2 Å². The van der Waals surface area contributed by atoms with Gasteiger partial charge in [0.15, 0.2) is 10.8 Å². The number of rotatable bonds is 8. The second kappa shape index (κ2) is 8.15. The number of aryl methyl sites for hydroxylation is 1. The Kier molecular flexibility index (Phi) is 6.41. The van der Waals surface area contributed by atoms with Crippen molar-refractivity contribution in [3.8, 4) is 0 Å². The Balaban J connectivity index is 1.98.